The van der Waals surface area contributed by atoms with Crippen molar-refractivity contribution in [2.24, 2.45) is 4.99 Å². The van der Waals surface area contributed by atoms with E-state index in [1.54, 1.807) is 42.3 Å². The number of anilines is 2. The van der Waals surface area contributed by atoms with Crippen molar-refractivity contribution in [3.8, 4) is 0 Å². The zero-order valence-electron chi connectivity index (χ0n) is 16.8. The maximum Gasteiger partial charge on any atom is 0.409 e. The molecule has 1 aliphatic rings. The lowest BCUT2D eigenvalue weighted by molar-refractivity contribution is 0.105. The van der Waals surface area contributed by atoms with Gasteiger partial charge in [0.1, 0.15) is 11.5 Å². The minimum absolute atomic E-state index is 0.0408. The molecule has 31 heavy (non-hydrogen) atoms. The molecule has 3 N–H and O–H groups in total. The third kappa shape index (κ3) is 6.23. The molecule has 164 valence electrons. The number of ether oxygens (including phenoxy) is 1. The number of thiocarbonyl (C=S) groups is 1. The summed E-state index contributed by atoms with van der Waals surface area (Å²) >= 11 is 11.2. The number of nitrogens with one attached hydrogen (secondary N) is 2. The number of piperazine rings is 1. The van der Waals surface area contributed by atoms with Crippen molar-refractivity contribution < 1.29 is 14.7 Å². The number of benzene rings is 1. The second-order valence-corrected chi connectivity index (χ2v) is 7.27. The van der Waals surface area contributed by atoms with Crippen LogP contribution in [0, 0.1) is 0 Å². The van der Waals surface area contributed by atoms with Gasteiger partial charge in [-0.05, 0) is 37.3 Å². The average Bonchev–Trinajstić information content (AvgIpc) is 2.78. The van der Waals surface area contributed by atoms with Gasteiger partial charge >= 0.3 is 6.09 Å². The van der Waals surface area contributed by atoms with Crippen molar-refractivity contribution in [3.63, 3.8) is 0 Å². The molecule has 2 aromatic rings. The molecule has 12 heteroatoms. The number of amides is 1. The lowest BCUT2D eigenvalue weighted by Crippen LogP contribution is -2.49. The molecule has 0 spiro atoms. The summed E-state index contributed by atoms with van der Waals surface area (Å²) in [6, 6.07) is 7.01. The Kier molecular flexibility index (Phi) is 7.93. The first-order chi connectivity index (χ1) is 15.0. The number of rotatable bonds is 4. The Labute approximate surface area is 189 Å². The van der Waals surface area contributed by atoms with Crippen LogP contribution in [0.1, 0.15) is 12.6 Å². The zero-order chi connectivity index (χ0) is 22.2. The van der Waals surface area contributed by atoms with E-state index in [-0.39, 0.29) is 17.0 Å². The van der Waals surface area contributed by atoms with E-state index < -0.39 is 0 Å². The highest BCUT2D eigenvalue weighted by Crippen LogP contribution is 2.16. The normalized spacial score (nSPS) is 14.2. The summed E-state index contributed by atoms with van der Waals surface area (Å²) in [7, 11) is 0. The first-order valence-corrected chi connectivity index (χ1v) is 10.3. The van der Waals surface area contributed by atoms with Gasteiger partial charge < -0.3 is 19.9 Å². The molecule has 1 aromatic heterocycles. The Morgan fingerprint density at radius 2 is 2.10 bits per heavy atom. The van der Waals surface area contributed by atoms with Crippen molar-refractivity contribution in [1.82, 2.24) is 20.3 Å². The maximum atomic E-state index is 11.9. The first kappa shape index (κ1) is 22.7. The number of carbonyl (C=O) groups is 1. The molecule has 0 bridgehead atoms. The van der Waals surface area contributed by atoms with Gasteiger partial charge in [-0.3, -0.25) is 15.7 Å². The van der Waals surface area contributed by atoms with E-state index in [0.717, 1.165) is 0 Å². The van der Waals surface area contributed by atoms with Crippen LogP contribution in [0.4, 0.5) is 16.3 Å². The Bertz CT molecular complexity index is 967. The van der Waals surface area contributed by atoms with Crippen LogP contribution in [0.15, 0.2) is 41.7 Å². The number of amidine groups is 1. The second-order valence-electron chi connectivity index (χ2n) is 6.45. The third-order valence-electron chi connectivity index (χ3n) is 4.39. The third-order valence-corrected chi connectivity index (χ3v) is 4.82. The van der Waals surface area contributed by atoms with Gasteiger partial charge in [-0.25, -0.2) is 9.78 Å². The van der Waals surface area contributed by atoms with E-state index in [1.807, 2.05) is 10.4 Å². The summed E-state index contributed by atoms with van der Waals surface area (Å²) in [4.78, 5) is 28.4. The van der Waals surface area contributed by atoms with Crippen LogP contribution >= 0.6 is 23.8 Å². The molecule has 1 aromatic carbocycles. The minimum Gasteiger partial charge on any atom is -0.450 e. The number of aromatic nitrogens is 2. The lowest BCUT2D eigenvalue weighted by atomic mass is 10.3. The van der Waals surface area contributed by atoms with Crippen LogP contribution in [-0.2, 0) is 4.74 Å². The van der Waals surface area contributed by atoms with Crippen molar-refractivity contribution in [2.75, 3.05) is 43.0 Å². The lowest BCUT2D eigenvalue weighted by Gasteiger charge is -2.34. The standard InChI is InChI=1S/C19H22ClN7O3S/c1-2-30-19(28)27-8-6-26(7-9-27)16-12-21-11-15(23-16)17(25-29)24-18(31)22-14-5-3-4-13(20)10-14/h3-5,10-12,29H,2,6-9H2,1H3,(H2,22,24,25,31). The van der Waals surface area contributed by atoms with Crippen molar-refractivity contribution in [3.05, 3.63) is 47.4 Å². The van der Waals surface area contributed by atoms with Crippen LogP contribution in [-0.4, -0.2) is 69.9 Å². The van der Waals surface area contributed by atoms with E-state index in [9.17, 15) is 10.0 Å². The predicted octanol–water partition coefficient (Wildman–Crippen LogP) is 2.53. The first-order valence-electron chi connectivity index (χ1n) is 9.54. The molecule has 3 rings (SSSR count). The predicted molar refractivity (Wildman–Crippen MR) is 122 cm³/mol. The zero-order valence-corrected chi connectivity index (χ0v) is 18.4. The van der Waals surface area contributed by atoms with E-state index in [4.69, 9.17) is 28.6 Å². The fourth-order valence-corrected chi connectivity index (χ4v) is 3.31. The SMILES string of the molecule is CCOC(=O)N1CCN(c2cncc(/C(=N/C(=S)Nc3cccc(Cl)c3)NO)n2)CC1. The topological polar surface area (TPSA) is 115 Å². The van der Waals surface area contributed by atoms with Crippen LogP contribution in [0.2, 0.25) is 5.02 Å². The van der Waals surface area contributed by atoms with Crippen LogP contribution in [0.3, 0.4) is 0 Å². The largest absolute Gasteiger partial charge is 0.450 e. The molecule has 10 nitrogen and oxygen atoms in total. The van der Waals surface area contributed by atoms with Gasteiger partial charge in [0, 0.05) is 36.9 Å². The molecular weight excluding hydrogens is 442 g/mol. The number of hydrogen-bond donors (Lipinski definition) is 3. The molecule has 1 amide bonds. The molecule has 2 heterocycles. The highest BCUT2D eigenvalue weighted by atomic mass is 35.5. The fourth-order valence-electron chi connectivity index (χ4n) is 2.91. The number of hydrogen-bond acceptors (Lipinski definition) is 7. The van der Waals surface area contributed by atoms with Gasteiger partial charge in [-0.2, -0.15) is 4.99 Å². The van der Waals surface area contributed by atoms with E-state index in [2.05, 4.69) is 20.3 Å². The smallest absolute Gasteiger partial charge is 0.409 e. The molecule has 0 unspecified atom stereocenters. The van der Waals surface area contributed by atoms with E-state index >= 15 is 0 Å². The number of nitrogens with zero attached hydrogens (tertiary/aromatic N) is 5. The van der Waals surface area contributed by atoms with E-state index in [1.165, 1.54) is 6.20 Å². The Morgan fingerprint density at radius 1 is 1.32 bits per heavy atom. The van der Waals surface area contributed by atoms with Crippen molar-refractivity contribution >= 4 is 52.4 Å². The van der Waals surface area contributed by atoms with Gasteiger partial charge in [-0.1, -0.05) is 17.7 Å². The highest BCUT2D eigenvalue weighted by Gasteiger charge is 2.23. The van der Waals surface area contributed by atoms with Gasteiger partial charge in [-0.15, -0.1) is 0 Å². The molecular formula is C19H22ClN7O3S. The van der Waals surface area contributed by atoms with Crippen LogP contribution in [0.5, 0.6) is 0 Å². The summed E-state index contributed by atoms with van der Waals surface area (Å²) < 4.78 is 5.04. The molecule has 0 radical (unpaired) electrons. The monoisotopic (exact) mass is 463 g/mol. The molecule has 1 fully saturated rings. The van der Waals surface area contributed by atoms with Crippen LogP contribution in [0.25, 0.3) is 0 Å². The number of carbonyl (C=O) groups excluding carboxylic acids is 1. The number of halogens is 1. The number of aliphatic imine (C=N–C) groups is 1. The fraction of sp³-hybridized carbons (Fsp3) is 0.316. The Morgan fingerprint density at radius 3 is 2.77 bits per heavy atom. The second kappa shape index (κ2) is 10.8. The molecule has 0 atom stereocenters. The molecule has 1 aliphatic heterocycles. The summed E-state index contributed by atoms with van der Waals surface area (Å²) in [5.74, 6) is 0.636. The summed E-state index contributed by atoms with van der Waals surface area (Å²) in [5, 5.41) is 13.1. The maximum absolute atomic E-state index is 11.9. The van der Waals surface area contributed by atoms with Gasteiger partial charge in [0.2, 0.25) is 0 Å². The average molecular weight is 464 g/mol. The highest BCUT2D eigenvalue weighted by molar-refractivity contribution is 7.80. The Hall–Kier alpha value is -3.02. The summed E-state index contributed by atoms with van der Waals surface area (Å²) in [6.07, 6.45) is 2.75. The number of hydroxylamine groups is 1. The molecule has 0 saturated carbocycles. The minimum atomic E-state index is -0.318. The van der Waals surface area contributed by atoms with E-state index in [0.29, 0.717) is 55.0 Å². The molecule has 0 aliphatic carbocycles. The quantitative estimate of drug-likeness (QED) is 0.272. The summed E-state index contributed by atoms with van der Waals surface area (Å²) in [5.41, 5.74) is 2.99. The Balaban J connectivity index is 1.68. The van der Waals surface area contributed by atoms with Crippen molar-refractivity contribution in [1.29, 1.82) is 0 Å². The summed E-state index contributed by atoms with van der Waals surface area (Å²) in [6.45, 7) is 4.29. The molecule has 1 saturated heterocycles. The van der Waals surface area contributed by atoms with Gasteiger partial charge in [0.05, 0.1) is 19.0 Å². The van der Waals surface area contributed by atoms with Crippen LogP contribution < -0.4 is 15.7 Å². The van der Waals surface area contributed by atoms with Gasteiger partial charge in [0.25, 0.3) is 0 Å². The van der Waals surface area contributed by atoms with Crippen molar-refractivity contribution in [2.45, 2.75) is 6.92 Å². The van der Waals surface area contributed by atoms with Gasteiger partial charge in [0.15, 0.2) is 10.9 Å².